The molecular formula is C30H31ClO4. The summed E-state index contributed by atoms with van der Waals surface area (Å²) in [4.78, 5) is 24.8. The van der Waals surface area contributed by atoms with Crippen molar-refractivity contribution in [2.75, 3.05) is 6.61 Å². The van der Waals surface area contributed by atoms with E-state index in [9.17, 15) is 14.7 Å². The fraction of sp³-hybridized carbons (Fsp3) is 0.333. The molecule has 182 valence electrons. The van der Waals surface area contributed by atoms with E-state index in [2.05, 4.69) is 39.8 Å². The number of carboxylic acid groups (broad SMARTS) is 1. The van der Waals surface area contributed by atoms with Crippen molar-refractivity contribution in [2.24, 2.45) is 0 Å². The summed E-state index contributed by atoms with van der Waals surface area (Å²) in [7, 11) is 0. The fourth-order valence-corrected chi connectivity index (χ4v) is 5.23. The van der Waals surface area contributed by atoms with Gasteiger partial charge >= 0.3 is 5.97 Å². The van der Waals surface area contributed by atoms with E-state index in [-0.39, 0.29) is 27.0 Å². The van der Waals surface area contributed by atoms with Crippen molar-refractivity contribution in [3.63, 3.8) is 0 Å². The minimum Gasteiger partial charge on any atom is -0.493 e. The molecule has 0 radical (unpaired) electrons. The Morgan fingerprint density at radius 1 is 0.943 bits per heavy atom. The van der Waals surface area contributed by atoms with Crippen LogP contribution < -0.4 is 4.74 Å². The summed E-state index contributed by atoms with van der Waals surface area (Å²) in [5.41, 5.74) is 4.97. The Hall–Kier alpha value is -3.11. The van der Waals surface area contributed by atoms with Gasteiger partial charge in [0.1, 0.15) is 5.75 Å². The summed E-state index contributed by atoms with van der Waals surface area (Å²) in [5.74, 6) is -0.776. The van der Waals surface area contributed by atoms with Crippen molar-refractivity contribution < 1.29 is 19.4 Å². The van der Waals surface area contributed by atoms with Gasteiger partial charge < -0.3 is 9.84 Å². The van der Waals surface area contributed by atoms with Crippen LogP contribution in [0.3, 0.4) is 0 Å². The predicted molar refractivity (Wildman–Crippen MR) is 140 cm³/mol. The van der Waals surface area contributed by atoms with Crippen LogP contribution in [0.25, 0.3) is 11.1 Å². The number of ketones is 1. The molecule has 1 N–H and O–H groups in total. The van der Waals surface area contributed by atoms with Gasteiger partial charge in [0.05, 0.1) is 22.8 Å². The van der Waals surface area contributed by atoms with E-state index in [1.54, 1.807) is 12.1 Å². The largest absolute Gasteiger partial charge is 0.493 e. The van der Waals surface area contributed by atoms with E-state index in [0.29, 0.717) is 12.2 Å². The standard InChI is InChI=1S/C30H31ClO4/c1-6-35-25-17-23-22(29(2,3)14-15-30(23,4)5)16-21(25)18-10-12-19(13-11-18)27(32)26-20(28(33)34)8-7-9-24(26)31/h7-13,16-17H,6,14-15H2,1-5H3,(H,33,34). The molecule has 4 rings (SSSR count). The van der Waals surface area contributed by atoms with Gasteiger partial charge in [-0.1, -0.05) is 69.6 Å². The third-order valence-electron chi connectivity index (χ3n) is 7.18. The van der Waals surface area contributed by atoms with Gasteiger partial charge in [0.25, 0.3) is 0 Å². The molecule has 0 fully saturated rings. The fourth-order valence-electron chi connectivity index (χ4n) is 4.97. The third-order valence-corrected chi connectivity index (χ3v) is 7.50. The van der Waals surface area contributed by atoms with Crippen LogP contribution in [0.5, 0.6) is 5.75 Å². The van der Waals surface area contributed by atoms with Gasteiger partial charge in [0, 0.05) is 11.1 Å². The van der Waals surface area contributed by atoms with Gasteiger partial charge in [-0.25, -0.2) is 4.79 Å². The van der Waals surface area contributed by atoms with Crippen LogP contribution in [-0.2, 0) is 10.8 Å². The number of halogens is 1. The summed E-state index contributed by atoms with van der Waals surface area (Å²) in [6.45, 7) is 11.7. The molecule has 3 aromatic carbocycles. The average Bonchev–Trinajstić information content (AvgIpc) is 2.81. The predicted octanol–water partition coefficient (Wildman–Crippen LogP) is 7.68. The van der Waals surface area contributed by atoms with Crippen molar-refractivity contribution in [1.29, 1.82) is 0 Å². The number of aromatic carboxylic acids is 1. The Balaban J connectivity index is 1.79. The number of hydrogen-bond acceptors (Lipinski definition) is 3. The summed E-state index contributed by atoms with van der Waals surface area (Å²) >= 11 is 6.22. The van der Waals surface area contributed by atoms with Crippen molar-refractivity contribution >= 4 is 23.4 Å². The van der Waals surface area contributed by atoms with Gasteiger partial charge in [-0.2, -0.15) is 0 Å². The Labute approximate surface area is 211 Å². The number of benzene rings is 3. The molecule has 1 aliphatic carbocycles. The number of carboxylic acids is 1. The maximum atomic E-state index is 13.2. The zero-order valence-corrected chi connectivity index (χ0v) is 21.6. The zero-order valence-electron chi connectivity index (χ0n) is 20.9. The minimum atomic E-state index is -1.19. The number of fused-ring (bicyclic) bond motifs is 1. The molecule has 0 unspecified atom stereocenters. The lowest BCUT2D eigenvalue weighted by atomic mass is 9.62. The number of carbonyl (C=O) groups excluding carboxylic acids is 1. The molecule has 0 aliphatic heterocycles. The van der Waals surface area contributed by atoms with E-state index >= 15 is 0 Å². The maximum absolute atomic E-state index is 13.2. The van der Waals surface area contributed by atoms with Gasteiger partial charge in [0.2, 0.25) is 0 Å². The topological polar surface area (TPSA) is 63.6 Å². The lowest BCUT2D eigenvalue weighted by Gasteiger charge is -2.42. The van der Waals surface area contributed by atoms with Crippen LogP contribution in [0.1, 0.15) is 84.9 Å². The van der Waals surface area contributed by atoms with Crippen molar-refractivity contribution in [3.8, 4) is 16.9 Å². The minimum absolute atomic E-state index is 0.00202. The first-order valence-electron chi connectivity index (χ1n) is 11.9. The van der Waals surface area contributed by atoms with Crippen LogP contribution in [-0.4, -0.2) is 23.5 Å². The van der Waals surface area contributed by atoms with Crippen molar-refractivity contribution in [2.45, 2.75) is 58.3 Å². The molecule has 0 aromatic heterocycles. The molecular weight excluding hydrogens is 460 g/mol. The Morgan fingerprint density at radius 3 is 2.11 bits per heavy atom. The maximum Gasteiger partial charge on any atom is 0.336 e. The van der Waals surface area contributed by atoms with Crippen molar-refractivity contribution in [1.82, 2.24) is 0 Å². The highest BCUT2D eigenvalue weighted by atomic mass is 35.5. The van der Waals surface area contributed by atoms with E-state index in [4.69, 9.17) is 16.3 Å². The molecule has 0 saturated carbocycles. The van der Waals surface area contributed by atoms with E-state index in [1.807, 2.05) is 19.1 Å². The van der Waals surface area contributed by atoms with Crippen LogP contribution in [0, 0.1) is 0 Å². The third kappa shape index (κ3) is 4.60. The van der Waals surface area contributed by atoms with Crippen LogP contribution >= 0.6 is 11.6 Å². The highest BCUT2D eigenvalue weighted by Gasteiger charge is 2.38. The number of carbonyl (C=O) groups is 2. The first-order valence-corrected chi connectivity index (χ1v) is 12.3. The second kappa shape index (κ2) is 9.16. The molecule has 0 atom stereocenters. The second-order valence-electron chi connectivity index (χ2n) is 10.5. The summed E-state index contributed by atoms with van der Waals surface area (Å²) < 4.78 is 6.07. The molecule has 0 spiro atoms. The molecule has 4 nitrogen and oxygen atoms in total. The summed E-state index contributed by atoms with van der Waals surface area (Å²) in [5, 5.41) is 9.63. The highest BCUT2D eigenvalue weighted by molar-refractivity contribution is 6.36. The molecule has 5 heteroatoms. The van der Waals surface area contributed by atoms with Crippen LogP contribution in [0.4, 0.5) is 0 Å². The molecule has 0 heterocycles. The lowest BCUT2D eigenvalue weighted by Crippen LogP contribution is -2.33. The monoisotopic (exact) mass is 490 g/mol. The number of rotatable bonds is 6. The Kier molecular flexibility index (Phi) is 6.54. The van der Waals surface area contributed by atoms with E-state index in [0.717, 1.165) is 29.7 Å². The Morgan fingerprint density at radius 2 is 1.54 bits per heavy atom. The smallest absolute Gasteiger partial charge is 0.336 e. The lowest BCUT2D eigenvalue weighted by molar-refractivity contribution is 0.0692. The molecule has 3 aromatic rings. The zero-order chi connectivity index (χ0) is 25.5. The van der Waals surface area contributed by atoms with Gasteiger partial charge in [-0.15, -0.1) is 0 Å². The second-order valence-corrected chi connectivity index (χ2v) is 10.9. The van der Waals surface area contributed by atoms with Gasteiger partial charge in [0.15, 0.2) is 5.78 Å². The molecule has 0 saturated heterocycles. The number of ether oxygens (including phenoxy) is 1. The SMILES string of the molecule is CCOc1cc2c(cc1-c1ccc(C(=O)c3c(Cl)cccc3C(=O)O)cc1)C(C)(C)CCC2(C)C. The number of hydrogen-bond donors (Lipinski definition) is 1. The van der Waals surface area contributed by atoms with Gasteiger partial charge in [-0.05, 0) is 71.6 Å². The molecule has 0 amide bonds. The van der Waals surface area contributed by atoms with E-state index < -0.39 is 11.8 Å². The van der Waals surface area contributed by atoms with Crippen molar-refractivity contribution in [3.05, 3.63) is 87.4 Å². The quantitative estimate of drug-likeness (QED) is 0.360. The molecule has 35 heavy (non-hydrogen) atoms. The summed E-state index contributed by atoms with van der Waals surface area (Å²) in [6, 6.07) is 16.1. The summed E-state index contributed by atoms with van der Waals surface area (Å²) in [6.07, 6.45) is 2.23. The van der Waals surface area contributed by atoms with Gasteiger partial charge in [-0.3, -0.25) is 4.79 Å². The normalized spacial score (nSPS) is 15.8. The molecule has 0 bridgehead atoms. The first-order chi connectivity index (χ1) is 16.5. The highest BCUT2D eigenvalue weighted by Crippen LogP contribution is 2.49. The van der Waals surface area contributed by atoms with E-state index in [1.165, 1.54) is 29.3 Å². The molecule has 1 aliphatic rings. The van der Waals surface area contributed by atoms with Crippen LogP contribution in [0.15, 0.2) is 54.6 Å². The Bertz CT molecular complexity index is 1300. The first kappa shape index (κ1) is 25.0. The van der Waals surface area contributed by atoms with Crippen LogP contribution in [0.2, 0.25) is 5.02 Å². The average molecular weight is 491 g/mol.